The lowest BCUT2D eigenvalue weighted by atomic mass is 9.87. The van der Waals surface area contributed by atoms with Crippen LogP contribution in [0.15, 0.2) is 18.2 Å². The molecule has 0 aliphatic heterocycles. The Hall–Kier alpha value is -0.670. The molecule has 1 aromatic rings. The highest BCUT2D eigenvalue weighted by molar-refractivity contribution is 8.00. The Bertz CT molecular complexity index is 456. The summed E-state index contributed by atoms with van der Waals surface area (Å²) < 4.78 is 5.35. The lowest BCUT2D eigenvalue weighted by Gasteiger charge is -2.34. The first-order chi connectivity index (χ1) is 9.78. The second-order valence-electron chi connectivity index (χ2n) is 6.06. The standard InChI is InChI=1S/C17H25NOS/c1-19-13-9-7-12-8-10-16(17(18)15(12)11-13)20-14-5-3-2-4-6-14/h7,9,11,14,16-17H,2-6,8,10,18H2,1H3. The number of fused-ring (bicyclic) bond motifs is 1. The van der Waals surface area contributed by atoms with Crippen LogP contribution in [-0.4, -0.2) is 17.6 Å². The van der Waals surface area contributed by atoms with Gasteiger partial charge in [0.15, 0.2) is 0 Å². The molecule has 1 saturated carbocycles. The Morgan fingerprint density at radius 3 is 2.70 bits per heavy atom. The molecule has 0 aromatic heterocycles. The molecule has 0 heterocycles. The summed E-state index contributed by atoms with van der Waals surface area (Å²) >= 11 is 2.16. The molecule has 1 aromatic carbocycles. The van der Waals surface area contributed by atoms with Crippen LogP contribution < -0.4 is 10.5 Å². The minimum atomic E-state index is 0.167. The van der Waals surface area contributed by atoms with Crippen molar-refractivity contribution in [2.45, 2.75) is 61.5 Å². The Morgan fingerprint density at radius 2 is 1.95 bits per heavy atom. The second-order valence-corrected chi connectivity index (χ2v) is 7.61. The maximum atomic E-state index is 6.55. The number of hydrogen-bond donors (Lipinski definition) is 1. The van der Waals surface area contributed by atoms with Crippen LogP contribution in [0.3, 0.4) is 0 Å². The van der Waals surface area contributed by atoms with Crippen molar-refractivity contribution in [2.75, 3.05) is 7.11 Å². The SMILES string of the molecule is COc1ccc2c(c1)C(N)C(SC1CCCCC1)CC2. The fourth-order valence-corrected chi connectivity index (χ4v) is 5.19. The zero-order valence-corrected chi connectivity index (χ0v) is 13.1. The van der Waals surface area contributed by atoms with E-state index in [-0.39, 0.29) is 6.04 Å². The summed E-state index contributed by atoms with van der Waals surface area (Å²) in [5.74, 6) is 0.933. The van der Waals surface area contributed by atoms with Gasteiger partial charge in [0.1, 0.15) is 5.75 Å². The summed E-state index contributed by atoms with van der Waals surface area (Å²) in [6, 6.07) is 6.56. The molecular formula is C17H25NOS. The number of ether oxygens (including phenoxy) is 1. The van der Waals surface area contributed by atoms with Crippen molar-refractivity contribution in [1.82, 2.24) is 0 Å². The Morgan fingerprint density at radius 1 is 1.15 bits per heavy atom. The van der Waals surface area contributed by atoms with Crippen molar-refractivity contribution in [3.63, 3.8) is 0 Å². The van der Waals surface area contributed by atoms with E-state index in [1.54, 1.807) is 7.11 Å². The number of thioether (sulfide) groups is 1. The topological polar surface area (TPSA) is 35.2 Å². The van der Waals surface area contributed by atoms with Crippen LogP contribution in [0, 0.1) is 0 Å². The lowest BCUT2D eigenvalue weighted by Crippen LogP contribution is -2.31. The molecule has 2 atom stereocenters. The van der Waals surface area contributed by atoms with Gasteiger partial charge in [0.2, 0.25) is 0 Å². The highest BCUT2D eigenvalue weighted by Crippen LogP contribution is 2.41. The van der Waals surface area contributed by atoms with Crippen molar-refractivity contribution in [3.05, 3.63) is 29.3 Å². The van der Waals surface area contributed by atoms with Gasteiger partial charge in [-0.1, -0.05) is 25.3 Å². The van der Waals surface area contributed by atoms with Gasteiger partial charge in [-0.15, -0.1) is 0 Å². The summed E-state index contributed by atoms with van der Waals surface area (Å²) in [5.41, 5.74) is 9.28. The van der Waals surface area contributed by atoms with E-state index in [4.69, 9.17) is 10.5 Å². The fraction of sp³-hybridized carbons (Fsp3) is 0.647. The van der Waals surface area contributed by atoms with Crippen molar-refractivity contribution >= 4 is 11.8 Å². The first kappa shape index (κ1) is 14.3. The lowest BCUT2D eigenvalue weighted by molar-refractivity contribution is 0.412. The van der Waals surface area contributed by atoms with E-state index in [0.717, 1.165) is 17.4 Å². The maximum Gasteiger partial charge on any atom is 0.119 e. The zero-order chi connectivity index (χ0) is 13.9. The summed E-state index contributed by atoms with van der Waals surface area (Å²) in [6.07, 6.45) is 9.40. The van der Waals surface area contributed by atoms with Crippen LogP contribution in [0.25, 0.3) is 0 Å². The van der Waals surface area contributed by atoms with Gasteiger partial charge >= 0.3 is 0 Å². The molecule has 0 bridgehead atoms. The van der Waals surface area contributed by atoms with E-state index >= 15 is 0 Å². The van der Waals surface area contributed by atoms with Gasteiger partial charge < -0.3 is 10.5 Å². The Balaban J connectivity index is 1.72. The normalized spacial score (nSPS) is 27.1. The first-order valence-electron chi connectivity index (χ1n) is 7.86. The van der Waals surface area contributed by atoms with Crippen LogP contribution in [0.5, 0.6) is 5.75 Å². The molecule has 0 saturated heterocycles. The number of aryl methyl sites for hydroxylation is 1. The average molecular weight is 291 g/mol. The minimum Gasteiger partial charge on any atom is -0.497 e. The van der Waals surface area contributed by atoms with E-state index < -0.39 is 0 Å². The number of rotatable bonds is 3. The molecule has 2 nitrogen and oxygen atoms in total. The van der Waals surface area contributed by atoms with Gasteiger partial charge in [-0.3, -0.25) is 0 Å². The summed E-state index contributed by atoms with van der Waals surface area (Å²) in [5, 5.41) is 1.42. The molecule has 0 spiro atoms. The van der Waals surface area contributed by atoms with Crippen molar-refractivity contribution in [1.29, 1.82) is 0 Å². The summed E-state index contributed by atoms with van der Waals surface area (Å²) in [6.45, 7) is 0. The predicted octanol–water partition coefficient (Wildman–Crippen LogP) is 4.08. The average Bonchev–Trinajstić information content (AvgIpc) is 2.51. The first-order valence-corrected chi connectivity index (χ1v) is 8.80. The van der Waals surface area contributed by atoms with E-state index in [1.807, 2.05) is 0 Å². The summed E-state index contributed by atoms with van der Waals surface area (Å²) in [7, 11) is 1.73. The van der Waals surface area contributed by atoms with Crippen molar-refractivity contribution < 1.29 is 4.74 Å². The van der Waals surface area contributed by atoms with Crippen LogP contribution in [0.4, 0.5) is 0 Å². The molecule has 110 valence electrons. The molecule has 3 heteroatoms. The summed E-state index contributed by atoms with van der Waals surface area (Å²) in [4.78, 5) is 0. The largest absolute Gasteiger partial charge is 0.497 e. The molecule has 2 aliphatic rings. The van der Waals surface area contributed by atoms with Gasteiger partial charge in [0.05, 0.1) is 7.11 Å². The number of hydrogen-bond acceptors (Lipinski definition) is 3. The second kappa shape index (κ2) is 6.40. The van der Waals surface area contributed by atoms with Crippen molar-refractivity contribution in [2.24, 2.45) is 5.73 Å². The van der Waals surface area contributed by atoms with Crippen molar-refractivity contribution in [3.8, 4) is 5.75 Å². The molecule has 20 heavy (non-hydrogen) atoms. The van der Waals surface area contributed by atoms with Gasteiger partial charge in [-0.25, -0.2) is 0 Å². The minimum absolute atomic E-state index is 0.167. The highest BCUT2D eigenvalue weighted by Gasteiger charge is 2.30. The van der Waals surface area contributed by atoms with Gasteiger partial charge in [0.25, 0.3) is 0 Å². The smallest absolute Gasteiger partial charge is 0.119 e. The third-order valence-electron chi connectivity index (χ3n) is 4.73. The third kappa shape index (κ3) is 2.99. The predicted molar refractivity (Wildman–Crippen MR) is 86.5 cm³/mol. The van der Waals surface area contributed by atoms with Crippen LogP contribution >= 0.6 is 11.8 Å². The van der Waals surface area contributed by atoms with Gasteiger partial charge in [-0.2, -0.15) is 11.8 Å². The quantitative estimate of drug-likeness (QED) is 0.911. The van der Waals surface area contributed by atoms with Gasteiger partial charge in [-0.05, 0) is 48.9 Å². The van der Waals surface area contributed by atoms with Gasteiger partial charge in [0, 0.05) is 16.5 Å². The molecule has 2 N–H and O–H groups in total. The highest BCUT2D eigenvalue weighted by atomic mass is 32.2. The van der Waals surface area contributed by atoms with Crippen LogP contribution in [0.2, 0.25) is 0 Å². The molecular weight excluding hydrogens is 266 g/mol. The fourth-order valence-electron chi connectivity index (χ4n) is 3.52. The Kier molecular flexibility index (Phi) is 4.57. The van der Waals surface area contributed by atoms with E-state index in [0.29, 0.717) is 5.25 Å². The van der Waals surface area contributed by atoms with Crippen LogP contribution in [-0.2, 0) is 6.42 Å². The third-order valence-corrected chi connectivity index (χ3v) is 6.47. The molecule has 3 rings (SSSR count). The molecule has 2 aliphatic carbocycles. The Labute approximate surface area is 126 Å². The molecule has 2 unspecified atom stereocenters. The maximum absolute atomic E-state index is 6.55. The molecule has 0 radical (unpaired) electrons. The van der Waals surface area contributed by atoms with Crippen LogP contribution in [0.1, 0.15) is 55.7 Å². The molecule has 1 fully saturated rings. The van der Waals surface area contributed by atoms with E-state index in [9.17, 15) is 0 Å². The number of benzene rings is 1. The monoisotopic (exact) mass is 291 g/mol. The number of nitrogens with two attached hydrogens (primary N) is 1. The van der Waals surface area contributed by atoms with E-state index in [2.05, 4.69) is 30.0 Å². The zero-order valence-electron chi connectivity index (χ0n) is 12.3. The number of methoxy groups -OCH3 is 1. The van der Waals surface area contributed by atoms with E-state index in [1.165, 1.54) is 49.7 Å². The molecule has 0 amide bonds.